The number of imidazole rings is 1. The molecule has 3 aromatic rings. The van der Waals surface area contributed by atoms with E-state index in [4.69, 9.17) is 0 Å². The minimum atomic E-state index is -0.314. The van der Waals surface area contributed by atoms with Gasteiger partial charge in [-0.1, -0.05) is 12.1 Å². The molecule has 5 nitrogen and oxygen atoms in total. The summed E-state index contributed by atoms with van der Waals surface area (Å²) in [5.74, 6) is -0.456. The summed E-state index contributed by atoms with van der Waals surface area (Å²) in [5.41, 5.74) is 1.85. The molecule has 1 saturated carbocycles. The molecule has 1 aromatic carbocycles. The van der Waals surface area contributed by atoms with Crippen molar-refractivity contribution in [3.8, 4) is 11.3 Å². The zero-order valence-corrected chi connectivity index (χ0v) is 14.3. The van der Waals surface area contributed by atoms with E-state index in [9.17, 15) is 14.3 Å². The molecule has 0 unspecified atom stereocenters. The number of nitrogens with zero attached hydrogens (tertiary/aromatic N) is 2. The van der Waals surface area contributed by atoms with Crippen LogP contribution in [-0.2, 0) is 0 Å². The van der Waals surface area contributed by atoms with Crippen molar-refractivity contribution in [2.24, 2.45) is 0 Å². The lowest BCUT2D eigenvalue weighted by atomic mass is 9.93. The Balaban J connectivity index is 1.57. The van der Waals surface area contributed by atoms with Crippen LogP contribution in [0.2, 0.25) is 0 Å². The number of rotatable bonds is 3. The Morgan fingerprint density at radius 3 is 2.88 bits per heavy atom. The molecule has 4 rings (SSSR count). The van der Waals surface area contributed by atoms with Gasteiger partial charge in [-0.2, -0.15) is 0 Å². The van der Waals surface area contributed by atoms with Crippen molar-refractivity contribution < 1.29 is 14.3 Å². The number of carbonyl (C=O) groups is 1. The first-order chi connectivity index (χ1) is 12.1. The fourth-order valence-corrected chi connectivity index (χ4v) is 4.07. The van der Waals surface area contributed by atoms with Crippen molar-refractivity contribution in [1.82, 2.24) is 14.7 Å². The van der Waals surface area contributed by atoms with Gasteiger partial charge in [0.1, 0.15) is 11.5 Å². The van der Waals surface area contributed by atoms with Crippen molar-refractivity contribution >= 4 is 22.2 Å². The average molecular weight is 359 g/mol. The standard InChI is InChI=1S/C18H18FN3O2S/c19-12-3-1-2-11(8-12)15-9-22-16(10-25-18(22)21-15)17(24)20-13-4-6-14(23)7-5-13/h1-3,8-10,13-14,23H,4-7H2,(H,20,24). The summed E-state index contributed by atoms with van der Waals surface area (Å²) in [6.07, 6.45) is 4.54. The van der Waals surface area contributed by atoms with Crippen LogP contribution in [0.25, 0.3) is 16.2 Å². The second-order valence-electron chi connectivity index (χ2n) is 6.39. The van der Waals surface area contributed by atoms with Gasteiger partial charge in [0.2, 0.25) is 0 Å². The Bertz CT molecular complexity index is 912. The molecule has 1 fully saturated rings. The van der Waals surface area contributed by atoms with Crippen LogP contribution < -0.4 is 5.32 Å². The molecule has 2 aromatic heterocycles. The molecule has 0 bridgehead atoms. The summed E-state index contributed by atoms with van der Waals surface area (Å²) >= 11 is 1.38. The Morgan fingerprint density at radius 1 is 1.32 bits per heavy atom. The quantitative estimate of drug-likeness (QED) is 0.754. The van der Waals surface area contributed by atoms with Crippen LogP contribution in [0.15, 0.2) is 35.8 Å². The second-order valence-corrected chi connectivity index (χ2v) is 7.23. The van der Waals surface area contributed by atoms with Gasteiger partial charge in [0, 0.05) is 23.2 Å². The molecule has 0 saturated heterocycles. The number of thiazole rings is 1. The van der Waals surface area contributed by atoms with Crippen molar-refractivity contribution in [3.63, 3.8) is 0 Å². The van der Waals surface area contributed by atoms with Gasteiger partial charge in [0.15, 0.2) is 4.96 Å². The van der Waals surface area contributed by atoms with Crippen molar-refractivity contribution in [2.45, 2.75) is 37.8 Å². The number of fused-ring (bicyclic) bond motifs is 1. The number of nitrogens with one attached hydrogen (secondary N) is 1. The first kappa shape index (κ1) is 16.2. The zero-order valence-electron chi connectivity index (χ0n) is 13.5. The summed E-state index contributed by atoms with van der Waals surface area (Å²) in [4.78, 5) is 17.8. The van der Waals surface area contributed by atoms with Gasteiger partial charge < -0.3 is 10.4 Å². The molecule has 2 N–H and O–H groups in total. The second kappa shape index (κ2) is 6.57. The maximum atomic E-state index is 13.4. The Kier molecular flexibility index (Phi) is 4.27. The van der Waals surface area contributed by atoms with E-state index < -0.39 is 0 Å². The number of amides is 1. The third kappa shape index (κ3) is 3.29. The SMILES string of the molecule is O=C(NC1CCC(O)CC1)c1csc2nc(-c3cccc(F)c3)cn12. The van der Waals surface area contributed by atoms with Gasteiger partial charge in [0.05, 0.1) is 11.8 Å². The van der Waals surface area contributed by atoms with Crippen LogP contribution in [0.1, 0.15) is 36.2 Å². The first-order valence-corrected chi connectivity index (χ1v) is 9.19. The summed E-state index contributed by atoms with van der Waals surface area (Å²) in [7, 11) is 0. The smallest absolute Gasteiger partial charge is 0.269 e. The fraction of sp³-hybridized carbons (Fsp3) is 0.333. The number of hydrogen-bond donors (Lipinski definition) is 2. The van der Waals surface area contributed by atoms with E-state index in [1.807, 2.05) is 0 Å². The summed E-state index contributed by atoms with van der Waals surface area (Å²) < 4.78 is 15.2. The molecule has 25 heavy (non-hydrogen) atoms. The number of aromatic nitrogens is 2. The van der Waals surface area contributed by atoms with Gasteiger partial charge in [-0.25, -0.2) is 9.37 Å². The molecule has 0 aliphatic heterocycles. The van der Waals surface area contributed by atoms with Crippen molar-refractivity contribution in [1.29, 1.82) is 0 Å². The number of aliphatic hydroxyl groups excluding tert-OH is 1. The van der Waals surface area contributed by atoms with Crippen LogP contribution >= 0.6 is 11.3 Å². The number of benzene rings is 1. The minimum Gasteiger partial charge on any atom is -0.393 e. The lowest BCUT2D eigenvalue weighted by Crippen LogP contribution is -2.38. The third-order valence-electron chi connectivity index (χ3n) is 4.59. The lowest BCUT2D eigenvalue weighted by Gasteiger charge is -2.25. The van der Waals surface area contributed by atoms with Crippen LogP contribution in [-0.4, -0.2) is 32.5 Å². The van der Waals surface area contributed by atoms with E-state index in [1.54, 1.807) is 28.1 Å². The lowest BCUT2D eigenvalue weighted by molar-refractivity contribution is 0.0862. The van der Waals surface area contributed by atoms with E-state index in [1.165, 1.54) is 23.5 Å². The van der Waals surface area contributed by atoms with Crippen LogP contribution in [0.5, 0.6) is 0 Å². The molecule has 1 aliphatic rings. The Morgan fingerprint density at radius 2 is 2.12 bits per heavy atom. The van der Waals surface area contributed by atoms with E-state index in [2.05, 4.69) is 10.3 Å². The largest absolute Gasteiger partial charge is 0.393 e. The Hall–Kier alpha value is -2.25. The van der Waals surface area contributed by atoms with E-state index in [0.29, 0.717) is 21.9 Å². The summed E-state index contributed by atoms with van der Waals surface area (Å²) in [6.45, 7) is 0. The van der Waals surface area contributed by atoms with Gasteiger partial charge in [-0.15, -0.1) is 11.3 Å². The summed E-state index contributed by atoms with van der Waals surface area (Å²) in [6, 6.07) is 6.35. The van der Waals surface area contributed by atoms with E-state index in [-0.39, 0.29) is 23.9 Å². The summed E-state index contributed by atoms with van der Waals surface area (Å²) in [5, 5.41) is 14.4. The number of hydrogen-bond acceptors (Lipinski definition) is 4. The molecular weight excluding hydrogens is 341 g/mol. The molecular formula is C18H18FN3O2S. The monoisotopic (exact) mass is 359 g/mol. The highest BCUT2D eigenvalue weighted by Crippen LogP contribution is 2.25. The highest BCUT2D eigenvalue weighted by molar-refractivity contribution is 7.15. The molecule has 0 radical (unpaired) electrons. The minimum absolute atomic E-state index is 0.0945. The van der Waals surface area contributed by atoms with Gasteiger partial charge >= 0.3 is 0 Å². The average Bonchev–Trinajstić information content (AvgIpc) is 3.17. The van der Waals surface area contributed by atoms with Gasteiger partial charge in [-0.05, 0) is 37.8 Å². The third-order valence-corrected chi connectivity index (χ3v) is 5.43. The first-order valence-electron chi connectivity index (χ1n) is 8.31. The van der Waals surface area contributed by atoms with Crippen LogP contribution in [0, 0.1) is 5.82 Å². The predicted molar refractivity (Wildman–Crippen MR) is 94.2 cm³/mol. The molecule has 1 aliphatic carbocycles. The zero-order chi connectivity index (χ0) is 17.4. The van der Waals surface area contributed by atoms with Crippen molar-refractivity contribution in [2.75, 3.05) is 0 Å². The van der Waals surface area contributed by atoms with Gasteiger partial charge in [-0.3, -0.25) is 9.20 Å². The predicted octanol–water partition coefficient (Wildman–Crippen LogP) is 3.24. The molecule has 0 atom stereocenters. The number of aliphatic hydroxyl groups is 1. The fourth-order valence-electron chi connectivity index (χ4n) is 3.21. The van der Waals surface area contributed by atoms with Crippen LogP contribution in [0.4, 0.5) is 4.39 Å². The van der Waals surface area contributed by atoms with Crippen molar-refractivity contribution in [3.05, 3.63) is 47.4 Å². The normalized spacial score (nSPS) is 20.7. The highest BCUT2D eigenvalue weighted by atomic mass is 32.1. The van der Waals surface area contributed by atoms with E-state index >= 15 is 0 Å². The highest BCUT2D eigenvalue weighted by Gasteiger charge is 2.23. The number of carbonyl (C=O) groups excluding carboxylic acids is 1. The maximum Gasteiger partial charge on any atom is 0.269 e. The molecule has 7 heteroatoms. The maximum absolute atomic E-state index is 13.4. The van der Waals surface area contributed by atoms with Crippen LogP contribution in [0.3, 0.4) is 0 Å². The number of halogens is 1. The molecule has 1 amide bonds. The Labute approximate surface area is 148 Å². The topological polar surface area (TPSA) is 66.6 Å². The van der Waals surface area contributed by atoms with Gasteiger partial charge in [0.25, 0.3) is 5.91 Å². The van der Waals surface area contributed by atoms with E-state index in [0.717, 1.165) is 25.7 Å². The molecule has 130 valence electrons. The molecule has 2 heterocycles. The molecule has 0 spiro atoms.